The Morgan fingerprint density at radius 3 is 2.54 bits per heavy atom. The lowest BCUT2D eigenvalue weighted by Crippen LogP contribution is -2.13. The van der Waals surface area contributed by atoms with Gasteiger partial charge in [-0.25, -0.2) is 4.79 Å². The number of hydrogen-bond acceptors (Lipinski definition) is 6. The Morgan fingerprint density at radius 1 is 1.07 bits per heavy atom. The van der Waals surface area contributed by atoms with Crippen LogP contribution in [0.2, 0.25) is 0 Å². The first-order valence-electron chi connectivity index (χ1n) is 9.01. The van der Waals surface area contributed by atoms with Crippen molar-refractivity contribution >= 4 is 34.3 Å². The number of amides is 1. The molecular formula is C21H23NO5S. The second-order valence-corrected chi connectivity index (χ2v) is 7.45. The van der Waals surface area contributed by atoms with Crippen LogP contribution < -0.4 is 14.8 Å². The lowest BCUT2D eigenvalue weighted by molar-refractivity contribution is -0.111. The normalized spacial score (nSPS) is 13.1. The topological polar surface area (TPSA) is 73.9 Å². The highest BCUT2D eigenvalue weighted by molar-refractivity contribution is 7.17. The Hall–Kier alpha value is -2.80. The predicted octanol–water partition coefficient (Wildman–Crippen LogP) is 4.08. The van der Waals surface area contributed by atoms with Crippen molar-refractivity contribution in [1.29, 1.82) is 0 Å². The van der Waals surface area contributed by atoms with Gasteiger partial charge < -0.3 is 19.5 Å². The van der Waals surface area contributed by atoms with Crippen LogP contribution in [0.3, 0.4) is 0 Å². The Morgan fingerprint density at radius 2 is 1.82 bits per heavy atom. The highest BCUT2D eigenvalue weighted by atomic mass is 32.1. The average molecular weight is 401 g/mol. The number of methoxy groups -OCH3 is 3. The Balaban J connectivity index is 1.79. The van der Waals surface area contributed by atoms with E-state index in [0.717, 1.165) is 41.7 Å². The third kappa shape index (κ3) is 4.20. The van der Waals surface area contributed by atoms with E-state index in [1.54, 1.807) is 32.4 Å². The van der Waals surface area contributed by atoms with Crippen LogP contribution in [0.25, 0.3) is 6.08 Å². The van der Waals surface area contributed by atoms with Gasteiger partial charge >= 0.3 is 5.97 Å². The first-order chi connectivity index (χ1) is 13.6. The summed E-state index contributed by atoms with van der Waals surface area (Å²) in [5, 5.41) is 3.40. The molecule has 7 heteroatoms. The largest absolute Gasteiger partial charge is 0.493 e. The third-order valence-corrected chi connectivity index (χ3v) is 5.84. The molecule has 0 atom stereocenters. The summed E-state index contributed by atoms with van der Waals surface area (Å²) in [5.41, 5.74) is 2.31. The second kappa shape index (κ2) is 8.93. The number of nitrogens with one attached hydrogen (secondary N) is 1. The fourth-order valence-electron chi connectivity index (χ4n) is 3.25. The standard InChI is InChI=1S/C21H23NO5S/c1-25-15-10-8-13(12-16(15)26-2)9-11-18(23)22-20-19(21(24)27-3)14-6-4-5-7-17(14)28-20/h8-12H,4-7H2,1-3H3,(H,22,23)/b11-9+. The van der Waals surface area contributed by atoms with Crippen molar-refractivity contribution in [2.75, 3.05) is 26.6 Å². The molecule has 6 nitrogen and oxygen atoms in total. The van der Waals surface area contributed by atoms with Crippen LogP contribution in [-0.2, 0) is 22.4 Å². The van der Waals surface area contributed by atoms with E-state index in [1.165, 1.54) is 24.5 Å². The van der Waals surface area contributed by atoms with Gasteiger partial charge in [-0.05, 0) is 55.0 Å². The smallest absolute Gasteiger partial charge is 0.341 e. The molecule has 148 valence electrons. The number of hydrogen-bond donors (Lipinski definition) is 1. The molecule has 0 aliphatic heterocycles. The number of carbonyl (C=O) groups is 2. The van der Waals surface area contributed by atoms with Gasteiger partial charge in [-0.3, -0.25) is 4.79 Å². The maximum Gasteiger partial charge on any atom is 0.341 e. The minimum absolute atomic E-state index is 0.307. The molecule has 2 aromatic rings. The zero-order valence-corrected chi connectivity index (χ0v) is 17.0. The highest BCUT2D eigenvalue weighted by Gasteiger charge is 2.26. The van der Waals surface area contributed by atoms with Crippen molar-refractivity contribution in [3.8, 4) is 11.5 Å². The maximum atomic E-state index is 12.4. The van der Waals surface area contributed by atoms with Crippen molar-refractivity contribution < 1.29 is 23.8 Å². The molecule has 0 unspecified atom stereocenters. The van der Waals surface area contributed by atoms with Crippen LogP contribution in [0, 0.1) is 0 Å². The number of benzene rings is 1. The highest BCUT2D eigenvalue weighted by Crippen LogP contribution is 2.38. The third-order valence-electron chi connectivity index (χ3n) is 4.63. The van der Waals surface area contributed by atoms with E-state index in [0.29, 0.717) is 22.1 Å². The molecule has 1 heterocycles. The van der Waals surface area contributed by atoms with Gasteiger partial charge in [0.1, 0.15) is 5.00 Å². The Kier molecular flexibility index (Phi) is 6.36. The minimum Gasteiger partial charge on any atom is -0.493 e. The van der Waals surface area contributed by atoms with E-state index in [-0.39, 0.29) is 5.91 Å². The summed E-state index contributed by atoms with van der Waals surface area (Å²) in [6, 6.07) is 5.39. The van der Waals surface area contributed by atoms with E-state index in [1.807, 2.05) is 6.07 Å². The van der Waals surface area contributed by atoms with Crippen LogP contribution >= 0.6 is 11.3 Å². The molecule has 1 aromatic carbocycles. The fraction of sp³-hybridized carbons (Fsp3) is 0.333. The summed E-state index contributed by atoms with van der Waals surface area (Å²) >= 11 is 1.46. The number of thiophene rings is 1. The van der Waals surface area contributed by atoms with Crippen LogP contribution in [0.15, 0.2) is 24.3 Å². The number of esters is 1. The SMILES string of the molecule is COC(=O)c1c(NC(=O)/C=C/c2ccc(OC)c(OC)c2)sc2c1CCCC2. The molecule has 0 saturated heterocycles. The van der Waals surface area contributed by atoms with Crippen molar-refractivity contribution in [2.45, 2.75) is 25.7 Å². The molecule has 1 aliphatic rings. The lowest BCUT2D eigenvalue weighted by Gasteiger charge is -2.11. The summed E-state index contributed by atoms with van der Waals surface area (Å²) in [5.74, 6) is 0.497. The minimum atomic E-state index is -0.404. The van der Waals surface area contributed by atoms with Gasteiger partial charge in [-0.15, -0.1) is 11.3 Å². The fourth-order valence-corrected chi connectivity index (χ4v) is 4.53. The molecular weight excluding hydrogens is 378 g/mol. The summed E-state index contributed by atoms with van der Waals surface area (Å²) in [6.45, 7) is 0. The quantitative estimate of drug-likeness (QED) is 0.583. The molecule has 0 saturated carbocycles. The number of carbonyl (C=O) groups excluding carboxylic acids is 2. The van der Waals surface area contributed by atoms with Crippen molar-refractivity contribution in [2.24, 2.45) is 0 Å². The van der Waals surface area contributed by atoms with E-state index < -0.39 is 5.97 Å². The zero-order valence-electron chi connectivity index (χ0n) is 16.2. The van der Waals surface area contributed by atoms with E-state index in [2.05, 4.69) is 5.32 Å². The molecule has 1 aromatic heterocycles. The average Bonchev–Trinajstić information content (AvgIpc) is 3.09. The number of ether oxygens (including phenoxy) is 3. The van der Waals surface area contributed by atoms with Crippen molar-refractivity contribution in [3.63, 3.8) is 0 Å². The number of rotatable bonds is 6. The molecule has 3 rings (SSSR count). The maximum absolute atomic E-state index is 12.4. The van der Waals surface area contributed by atoms with Gasteiger partial charge in [-0.1, -0.05) is 6.07 Å². The van der Waals surface area contributed by atoms with Gasteiger partial charge in [0.2, 0.25) is 5.91 Å². The summed E-state index contributed by atoms with van der Waals surface area (Å²) in [4.78, 5) is 25.8. The molecule has 1 aliphatic carbocycles. The van der Waals surface area contributed by atoms with Gasteiger partial charge in [-0.2, -0.15) is 0 Å². The molecule has 1 amide bonds. The number of fused-ring (bicyclic) bond motifs is 1. The molecule has 0 bridgehead atoms. The van der Waals surface area contributed by atoms with Crippen molar-refractivity contribution in [1.82, 2.24) is 0 Å². The van der Waals surface area contributed by atoms with Crippen LogP contribution in [0.5, 0.6) is 11.5 Å². The monoisotopic (exact) mass is 401 g/mol. The predicted molar refractivity (Wildman–Crippen MR) is 110 cm³/mol. The summed E-state index contributed by atoms with van der Waals surface area (Å²) < 4.78 is 15.4. The van der Waals surface area contributed by atoms with Gasteiger partial charge in [0.15, 0.2) is 11.5 Å². The Bertz CT molecular complexity index is 916. The van der Waals surface area contributed by atoms with Gasteiger partial charge in [0.05, 0.1) is 26.9 Å². The zero-order chi connectivity index (χ0) is 20.1. The van der Waals surface area contributed by atoms with Crippen molar-refractivity contribution in [3.05, 3.63) is 45.8 Å². The lowest BCUT2D eigenvalue weighted by atomic mass is 9.95. The number of aryl methyl sites for hydroxylation is 1. The molecule has 0 fully saturated rings. The summed E-state index contributed by atoms with van der Waals surface area (Å²) in [6.07, 6.45) is 7.03. The van der Waals surface area contributed by atoms with Crippen LogP contribution in [-0.4, -0.2) is 33.2 Å². The molecule has 0 spiro atoms. The second-order valence-electron chi connectivity index (χ2n) is 6.34. The first kappa shape index (κ1) is 19.9. The Labute approximate surface area is 168 Å². The van der Waals surface area contributed by atoms with E-state index in [9.17, 15) is 9.59 Å². The summed E-state index contributed by atoms with van der Waals surface area (Å²) in [7, 11) is 4.49. The van der Waals surface area contributed by atoms with Crippen LogP contribution in [0.1, 0.15) is 39.2 Å². The van der Waals surface area contributed by atoms with Crippen LogP contribution in [0.4, 0.5) is 5.00 Å². The molecule has 1 N–H and O–H groups in total. The van der Waals surface area contributed by atoms with Gasteiger partial charge in [0.25, 0.3) is 0 Å². The molecule has 0 radical (unpaired) electrons. The molecule has 28 heavy (non-hydrogen) atoms. The van der Waals surface area contributed by atoms with E-state index in [4.69, 9.17) is 14.2 Å². The number of anilines is 1. The first-order valence-corrected chi connectivity index (χ1v) is 9.83. The van der Waals surface area contributed by atoms with Gasteiger partial charge in [0, 0.05) is 11.0 Å². The van der Waals surface area contributed by atoms with E-state index >= 15 is 0 Å².